The van der Waals surface area contributed by atoms with Gasteiger partial charge in [-0.05, 0) is 75.2 Å². The van der Waals surface area contributed by atoms with Crippen LogP contribution in [0.25, 0.3) is 0 Å². The lowest BCUT2D eigenvalue weighted by molar-refractivity contribution is -0.314. The lowest BCUT2D eigenvalue weighted by atomic mass is 9.49. The third-order valence-corrected chi connectivity index (χ3v) is 9.22. The van der Waals surface area contributed by atoms with E-state index in [-0.39, 0.29) is 16.9 Å². The van der Waals surface area contributed by atoms with E-state index < -0.39 is 42.3 Å². The number of aliphatic hydroxyl groups excluding tert-OH is 2. The van der Waals surface area contributed by atoms with Gasteiger partial charge in [0.15, 0.2) is 12.4 Å². The van der Waals surface area contributed by atoms with E-state index >= 15 is 0 Å². The second-order valence-corrected chi connectivity index (χ2v) is 12.2. The number of fused-ring (bicyclic) bond motifs is 1. The van der Waals surface area contributed by atoms with E-state index in [0.29, 0.717) is 18.8 Å². The Morgan fingerprint density at radius 3 is 2.50 bits per heavy atom. The van der Waals surface area contributed by atoms with E-state index in [0.717, 1.165) is 31.3 Å². The Morgan fingerprint density at radius 2 is 1.92 bits per heavy atom. The minimum atomic E-state index is -1.39. The molecular weight excluding hydrogens is 464 g/mol. The summed E-state index contributed by atoms with van der Waals surface area (Å²) in [5.41, 5.74) is 1.62. The molecule has 3 aliphatic rings. The molecule has 1 aliphatic heterocycles. The second-order valence-electron chi connectivity index (χ2n) is 12.2. The Hall–Kier alpha value is -1.29. The summed E-state index contributed by atoms with van der Waals surface area (Å²) in [6.45, 7) is 17.8. The maximum absolute atomic E-state index is 11.4. The number of aliphatic hydroxyl groups is 2. The van der Waals surface area contributed by atoms with Crippen molar-refractivity contribution in [3.8, 4) is 0 Å². The van der Waals surface area contributed by atoms with Gasteiger partial charge in [-0.15, -0.1) is 6.58 Å². The summed E-state index contributed by atoms with van der Waals surface area (Å²) in [6, 6.07) is 0. The summed E-state index contributed by atoms with van der Waals surface area (Å²) < 4.78 is 17.2. The first-order valence-electron chi connectivity index (χ1n) is 13.2. The van der Waals surface area contributed by atoms with E-state index in [9.17, 15) is 20.3 Å². The van der Waals surface area contributed by atoms with Crippen molar-refractivity contribution in [2.24, 2.45) is 16.7 Å². The van der Waals surface area contributed by atoms with Gasteiger partial charge in [0, 0.05) is 6.92 Å². The summed E-state index contributed by atoms with van der Waals surface area (Å²) >= 11 is 0. The maximum Gasteiger partial charge on any atom is 0.303 e. The number of hydrogen-bond acceptors (Lipinski definition) is 8. The molecule has 0 radical (unpaired) electrons. The molecule has 3 rings (SSSR count). The number of carbonyl (C=O) groups excluding carboxylic acids is 1. The Labute approximate surface area is 215 Å². The molecule has 0 spiro atoms. The van der Waals surface area contributed by atoms with Crippen molar-refractivity contribution < 1.29 is 39.4 Å². The van der Waals surface area contributed by atoms with Crippen LogP contribution in [0.3, 0.4) is 0 Å². The molecule has 2 fully saturated rings. The molecule has 1 saturated heterocycles. The molecule has 3 N–H and O–H groups in total. The number of carbonyl (C=O) groups is 1. The number of rotatable bonds is 8. The van der Waals surface area contributed by atoms with Gasteiger partial charge in [-0.2, -0.15) is 0 Å². The van der Waals surface area contributed by atoms with Crippen LogP contribution in [0.4, 0.5) is 0 Å². The SMILES string of the molecule is C=C[C@@](C)(CCC1=C(C)[C@H](OO)C[C@H]2C(C)(C)CCC[C@]12C)O[C@@H]1O[C@@H](C)[C@H](OC(C)=O)[C@@H](O)[C@H]1O. The minimum Gasteiger partial charge on any atom is -0.457 e. The van der Waals surface area contributed by atoms with Gasteiger partial charge in [0.05, 0.1) is 11.7 Å². The second kappa shape index (κ2) is 10.8. The van der Waals surface area contributed by atoms with Crippen molar-refractivity contribution in [1.82, 2.24) is 0 Å². The molecule has 1 heterocycles. The number of allylic oxidation sites excluding steroid dienone is 1. The van der Waals surface area contributed by atoms with Gasteiger partial charge in [0.1, 0.15) is 18.3 Å². The molecule has 36 heavy (non-hydrogen) atoms. The molecule has 0 aromatic rings. The summed E-state index contributed by atoms with van der Waals surface area (Å²) in [4.78, 5) is 16.3. The maximum atomic E-state index is 11.4. The molecule has 8 nitrogen and oxygen atoms in total. The van der Waals surface area contributed by atoms with E-state index in [4.69, 9.17) is 19.1 Å². The lowest BCUT2D eigenvalue weighted by Crippen LogP contribution is -2.59. The fraction of sp³-hybridized carbons (Fsp3) is 0.821. The molecule has 0 bridgehead atoms. The zero-order valence-electron chi connectivity index (χ0n) is 23.0. The Kier molecular flexibility index (Phi) is 8.80. The van der Waals surface area contributed by atoms with Gasteiger partial charge in [0.25, 0.3) is 0 Å². The lowest BCUT2D eigenvalue weighted by Gasteiger charge is -2.56. The van der Waals surface area contributed by atoms with Crippen LogP contribution in [-0.2, 0) is 23.9 Å². The van der Waals surface area contributed by atoms with Crippen molar-refractivity contribution in [1.29, 1.82) is 0 Å². The van der Waals surface area contributed by atoms with Crippen LogP contribution in [0.15, 0.2) is 23.8 Å². The predicted octanol–water partition coefficient (Wildman–Crippen LogP) is 4.54. The fourth-order valence-corrected chi connectivity index (χ4v) is 7.01. The number of ether oxygens (including phenoxy) is 3. The van der Waals surface area contributed by atoms with Gasteiger partial charge in [-0.25, -0.2) is 4.89 Å². The average Bonchev–Trinajstić information content (AvgIpc) is 2.79. The van der Waals surface area contributed by atoms with Crippen molar-refractivity contribution in [2.45, 2.75) is 129 Å². The summed E-state index contributed by atoms with van der Waals surface area (Å²) in [6.07, 6.45) is 1.32. The first kappa shape index (κ1) is 29.3. The quantitative estimate of drug-likeness (QED) is 0.189. The summed E-state index contributed by atoms with van der Waals surface area (Å²) in [7, 11) is 0. The van der Waals surface area contributed by atoms with Gasteiger partial charge in [0.2, 0.25) is 0 Å². The highest BCUT2D eigenvalue weighted by Crippen LogP contribution is 2.60. The summed E-state index contributed by atoms with van der Waals surface area (Å²) in [5.74, 6) is -0.181. The Morgan fingerprint density at radius 1 is 1.25 bits per heavy atom. The standard InChI is InChI=1S/C28H46O8/c1-9-27(7,35-25-23(31)22(30)24(17(3)33-25)34-18(4)29)14-11-19-16(2)20(36-32)15-21-26(5,6)12-10-13-28(19,21)8/h9,17,20-25,30-32H,1,10-15H2,2-8H3/t17-,20+,21-,22-,23+,24-,25-,27-,28+/m0/s1. The third kappa shape index (κ3) is 5.59. The van der Waals surface area contributed by atoms with Gasteiger partial charge in [-0.1, -0.05) is 38.8 Å². The minimum absolute atomic E-state index is 0.00818. The molecule has 0 aromatic heterocycles. The Balaban J connectivity index is 1.79. The topological polar surface area (TPSA) is 115 Å². The van der Waals surface area contributed by atoms with Crippen LogP contribution >= 0.6 is 0 Å². The van der Waals surface area contributed by atoms with E-state index in [1.54, 1.807) is 13.0 Å². The molecule has 9 atom stereocenters. The number of esters is 1. The van der Waals surface area contributed by atoms with E-state index in [2.05, 4.69) is 27.4 Å². The van der Waals surface area contributed by atoms with Crippen LogP contribution in [0.5, 0.6) is 0 Å². The largest absolute Gasteiger partial charge is 0.457 e. The van der Waals surface area contributed by atoms with Gasteiger partial charge in [-0.3, -0.25) is 10.1 Å². The van der Waals surface area contributed by atoms with Gasteiger partial charge >= 0.3 is 5.97 Å². The first-order chi connectivity index (χ1) is 16.7. The zero-order chi connectivity index (χ0) is 27.1. The van der Waals surface area contributed by atoms with Crippen molar-refractivity contribution >= 4 is 5.97 Å². The normalized spacial score (nSPS) is 40.2. The molecule has 0 unspecified atom stereocenters. The first-order valence-corrected chi connectivity index (χ1v) is 13.2. The van der Waals surface area contributed by atoms with E-state index in [1.807, 2.05) is 13.8 Å². The average molecular weight is 511 g/mol. The van der Waals surface area contributed by atoms with Crippen LogP contribution in [-0.4, -0.2) is 63.9 Å². The number of hydrogen-bond donors (Lipinski definition) is 3. The van der Waals surface area contributed by atoms with Crippen molar-refractivity contribution in [3.05, 3.63) is 23.8 Å². The van der Waals surface area contributed by atoms with Crippen LogP contribution < -0.4 is 0 Å². The molecule has 1 saturated carbocycles. The van der Waals surface area contributed by atoms with Crippen molar-refractivity contribution in [3.63, 3.8) is 0 Å². The summed E-state index contributed by atoms with van der Waals surface area (Å²) in [5, 5.41) is 31.0. The predicted molar refractivity (Wildman–Crippen MR) is 135 cm³/mol. The monoisotopic (exact) mass is 510 g/mol. The van der Waals surface area contributed by atoms with Crippen LogP contribution in [0.2, 0.25) is 0 Å². The molecular formula is C28H46O8. The van der Waals surface area contributed by atoms with Gasteiger partial charge < -0.3 is 24.4 Å². The van der Waals surface area contributed by atoms with Crippen LogP contribution in [0.1, 0.15) is 87.0 Å². The highest BCUT2D eigenvalue weighted by atomic mass is 17.1. The fourth-order valence-electron chi connectivity index (χ4n) is 7.01. The smallest absolute Gasteiger partial charge is 0.303 e. The molecule has 0 amide bonds. The Bertz CT molecular complexity index is 852. The van der Waals surface area contributed by atoms with Crippen LogP contribution in [0, 0.1) is 16.7 Å². The molecule has 206 valence electrons. The molecule has 8 heteroatoms. The highest BCUT2D eigenvalue weighted by molar-refractivity contribution is 5.66. The highest BCUT2D eigenvalue weighted by Gasteiger charge is 2.53. The third-order valence-electron chi connectivity index (χ3n) is 9.22. The molecule has 0 aromatic carbocycles. The zero-order valence-corrected chi connectivity index (χ0v) is 23.0. The molecule has 2 aliphatic carbocycles. The van der Waals surface area contributed by atoms with E-state index in [1.165, 1.54) is 12.5 Å². The van der Waals surface area contributed by atoms with Crippen molar-refractivity contribution in [2.75, 3.05) is 0 Å².